The highest BCUT2D eigenvalue weighted by atomic mass is 19.1. The number of anilines is 1. The van der Waals surface area contributed by atoms with Crippen LogP contribution in [-0.2, 0) is 0 Å². The van der Waals surface area contributed by atoms with Crippen molar-refractivity contribution in [2.24, 2.45) is 0 Å². The third-order valence-corrected chi connectivity index (χ3v) is 3.20. The molecule has 5 heteroatoms. The molecule has 0 radical (unpaired) electrons. The van der Waals surface area contributed by atoms with Crippen LogP contribution in [0.3, 0.4) is 0 Å². The van der Waals surface area contributed by atoms with E-state index in [2.05, 4.69) is 5.16 Å². The number of nitrogens with zero attached hydrogens (tertiary/aromatic N) is 1. The zero-order valence-corrected chi connectivity index (χ0v) is 11.2. The summed E-state index contributed by atoms with van der Waals surface area (Å²) in [7, 11) is 0. The first-order valence-electron chi connectivity index (χ1n) is 6.34. The Kier molecular flexibility index (Phi) is 3.17. The number of nitrogens with two attached hydrogens (primary N) is 1. The van der Waals surface area contributed by atoms with Gasteiger partial charge in [-0.05, 0) is 42.3 Å². The third-order valence-electron chi connectivity index (χ3n) is 3.20. The lowest BCUT2D eigenvalue weighted by molar-refractivity contribution is 0.433. The molecule has 0 aliphatic carbocycles. The van der Waals surface area contributed by atoms with Crippen LogP contribution in [0.2, 0.25) is 0 Å². The van der Waals surface area contributed by atoms with Crippen molar-refractivity contribution in [1.29, 1.82) is 0 Å². The van der Waals surface area contributed by atoms with Gasteiger partial charge in [0, 0.05) is 0 Å². The van der Waals surface area contributed by atoms with Gasteiger partial charge in [0.25, 0.3) is 0 Å². The fourth-order valence-corrected chi connectivity index (χ4v) is 2.21. The molecule has 0 bridgehead atoms. The summed E-state index contributed by atoms with van der Waals surface area (Å²) in [5, 5.41) is 3.68. The Morgan fingerprint density at radius 3 is 2.62 bits per heavy atom. The summed E-state index contributed by atoms with van der Waals surface area (Å²) in [6.07, 6.45) is 0. The summed E-state index contributed by atoms with van der Waals surface area (Å²) in [6, 6.07) is 10.6. The molecule has 2 aromatic carbocycles. The molecule has 0 amide bonds. The number of benzene rings is 2. The van der Waals surface area contributed by atoms with Crippen LogP contribution < -0.4 is 5.73 Å². The van der Waals surface area contributed by atoms with Crippen LogP contribution in [0.15, 0.2) is 47.0 Å². The van der Waals surface area contributed by atoms with Gasteiger partial charge in [0.05, 0.1) is 11.1 Å². The van der Waals surface area contributed by atoms with Crippen molar-refractivity contribution >= 4 is 5.82 Å². The SMILES string of the molecule is Cc1ccc(-c2onc(N)c2-c2cccc(F)c2)c(F)c1. The first kappa shape index (κ1) is 13.3. The summed E-state index contributed by atoms with van der Waals surface area (Å²) in [4.78, 5) is 0. The molecule has 0 saturated carbocycles. The maximum Gasteiger partial charge on any atom is 0.179 e. The van der Waals surface area contributed by atoms with Gasteiger partial charge in [-0.15, -0.1) is 0 Å². The zero-order chi connectivity index (χ0) is 15.0. The van der Waals surface area contributed by atoms with Gasteiger partial charge in [-0.3, -0.25) is 0 Å². The molecule has 0 fully saturated rings. The Bertz CT molecular complexity index is 812. The van der Waals surface area contributed by atoms with Crippen molar-refractivity contribution in [1.82, 2.24) is 5.16 Å². The normalized spacial score (nSPS) is 10.8. The Balaban J connectivity index is 2.22. The monoisotopic (exact) mass is 286 g/mol. The first-order chi connectivity index (χ1) is 10.1. The molecule has 0 aliphatic heterocycles. The molecule has 2 N–H and O–H groups in total. The van der Waals surface area contributed by atoms with E-state index >= 15 is 0 Å². The van der Waals surface area contributed by atoms with Gasteiger partial charge >= 0.3 is 0 Å². The smallest absolute Gasteiger partial charge is 0.179 e. The van der Waals surface area contributed by atoms with E-state index in [1.54, 1.807) is 31.2 Å². The van der Waals surface area contributed by atoms with E-state index in [1.807, 2.05) is 0 Å². The molecule has 0 spiro atoms. The lowest BCUT2D eigenvalue weighted by atomic mass is 10.0. The molecule has 3 rings (SSSR count). The van der Waals surface area contributed by atoms with Crippen LogP contribution in [0.4, 0.5) is 14.6 Å². The molecule has 0 atom stereocenters. The Morgan fingerprint density at radius 1 is 1.10 bits per heavy atom. The highest BCUT2D eigenvalue weighted by molar-refractivity contribution is 5.86. The number of aromatic nitrogens is 1. The van der Waals surface area contributed by atoms with Gasteiger partial charge in [0.1, 0.15) is 11.6 Å². The highest BCUT2D eigenvalue weighted by Gasteiger charge is 2.20. The second-order valence-corrected chi connectivity index (χ2v) is 4.77. The minimum Gasteiger partial charge on any atom is -0.380 e. The van der Waals surface area contributed by atoms with Crippen LogP contribution in [0.5, 0.6) is 0 Å². The quantitative estimate of drug-likeness (QED) is 0.769. The lowest BCUT2D eigenvalue weighted by Crippen LogP contribution is -1.91. The Hall–Kier alpha value is -2.69. The zero-order valence-electron chi connectivity index (χ0n) is 11.2. The predicted octanol–water partition coefficient (Wildman–Crippen LogP) is 4.18. The molecule has 21 heavy (non-hydrogen) atoms. The second kappa shape index (κ2) is 5.01. The predicted molar refractivity (Wildman–Crippen MR) is 76.4 cm³/mol. The van der Waals surface area contributed by atoms with E-state index in [-0.39, 0.29) is 17.1 Å². The number of rotatable bonds is 2. The largest absolute Gasteiger partial charge is 0.380 e. The topological polar surface area (TPSA) is 52.0 Å². The number of nitrogen functional groups attached to an aromatic ring is 1. The standard InChI is InChI=1S/C16H12F2N2O/c1-9-5-6-12(13(18)7-9)15-14(16(19)20-21-15)10-3-2-4-11(17)8-10/h2-8H,1H3,(H2,19,20). The number of hydrogen-bond acceptors (Lipinski definition) is 3. The molecule has 3 aromatic rings. The van der Waals surface area contributed by atoms with E-state index in [0.29, 0.717) is 11.1 Å². The molecule has 106 valence electrons. The Labute approximate surface area is 120 Å². The second-order valence-electron chi connectivity index (χ2n) is 4.77. The van der Waals surface area contributed by atoms with Gasteiger partial charge in [0.15, 0.2) is 11.6 Å². The molecular weight excluding hydrogens is 274 g/mol. The summed E-state index contributed by atoms with van der Waals surface area (Å²) in [5.74, 6) is -0.571. The highest BCUT2D eigenvalue weighted by Crippen LogP contribution is 2.37. The van der Waals surface area contributed by atoms with Gasteiger partial charge < -0.3 is 10.3 Å². The molecule has 1 aromatic heterocycles. The average molecular weight is 286 g/mol. The van der Waals surface area contributed by atoms with Crippen LogP contribution >= 0.6 is 0 Å². The number of hydrogen-bond donors (Lipinski definition) is 1. The number of aryl methyl sites for hydroxylation is 1. The van der Waals surface area contributed by atoms with Crippen molar-refractivity contribution in [3.8, 4) is 22.5 Å². The van der Waals surface area contributed by atoms with Gasteiger partial charge in [-0.25, -0.2) is 8.78 Å². The molecule has 1 heterocycles. The molecule has 3 nitrogen and oxygen atoms in total. The van der Waals surface area contributed by atoms with Gasteiger partial charge in [-0.2, -0.15) is 0 Å². The maximum absolute atomic E-state index is 14.1. The van der Waals surface area contributed by atoms with Crippen LogP contribution in [0, 0.1) is 18.6 Å². The minimum atomic E-state index is -0.441. The number of halogens is 2. The third kappa shape index (κ3) is 2.38. The van der Waals surface area contributed by atoms with Crippen LogP contribution in [0.25, 0.3) is 22.5 Å². The van der Waals surface area contributed by atoms with E-state index < -0.39 is 11.6 Å². The van der Waals surface area contributed by atoms with Crippen LogP contribution in [0.1, 0.15) is 5.56 Å². The molecule has 0 aliphatic rings. The summed E-state index contributed by atoms with van der Waals surface area (Å²) >= 11 is 0. The van der Waals surface area contributed by atoms with Gasteiger partial charge in [-0.1, -0.05) is 23.4 Å². The van der Waals surface area contributed by atoms with E-state index in [0.717, 1.165) is 5.56 Å². The summed E-state index contributed by atoms with van der Waals surface area (Å²) in [5.41, 5.74) is 7.69. The van der Waals surface area contributed by atoms with Crippen molar-refractivity contribution in [2.75, 3.05) is 5.73 Å². The molecular formula is C16H12F2N2O. The van der Waals surface area contributed by atoms with Gasteiger partial charge in [0.2, 0.25) is 0 Å². The fraction of sp³-hybridized carbons (Fsp3) is 0.0625. The van der Waals surface area contributed by atoms with E-state index in [1.165, 1.54) is 18.2 Å². The lowest BCUT2D eigenvalue weighted by Gasteiger charge is -2.05. The minimum absolute atomic E-state index is 0.0931. The average Bonchev–Trinajstić information content (AvgIpc) is 2.80. The van der Waals surface area contributed by atoms with E-state index in [4.69, 9.17) is 10.3 Å². The van der Waals surface area contributed by atoms with Crippen molar-refractivity contribution in [3.05, 3.63) is 59.7 Å². The molecule has 0 unspecified atom stereocenters. The molecule has 0 saturated heterocycles. The van der Waals surface area contributed by atoms with Crippen molar-refractivity contribution in [2.45, 2.75) is 6.92 Å². The summed E-state index contributed by atoms with van der Waals surface area (Å²) < 4.78 is 32.7. The van der Waals surface area contributed by atoms with Crippen molar-refractivity contribution in [3.63, 3.8) is 0 Å². The maximum atomic E-state index is 14.1. The summed E-state index contributed by atoms with van der Waals surface area (Å²) in [6.45, 7) is 1.79. The van der Waals surface area contributed by atoms with E-state index in [9.17, 15) is 8.78 Å². The van der Waals surface area contributed by atoms with Crippen LogP contribution in [-0.4, -0.2) is 5.16 Å². The fourth-order valence-electron chi connectivity index (χ4n) is 2.21. The Morgan fingerprint density at radius 2 is 1.90 bits per heavy atom. The van der Waals surface area contributed by atoms with Crippen molar-refractivity contribution < 1.29 is 13.3 Å². The first-order valence-corrected chi connectivity index (χ1v) is 6.34.